The molecule has 2 unspecified atom stereocenters. The topological polar surface area (TPSA) is 92.8 Å². The van der Waals surface area contributed by atoms with Crippen molar-refractivity contribution in [3.8, 4) is 0 Å². The van der Waals surface area contributed by atoms with Crippen molar-refractivity contribution in [3.63, 3.8) is 0 Å². The lowest BCUT2D eigenvalue weighted by molar-refractivity contribution is -0.139. The van der Waals surface area contributed by atoms with Gasteiger partial charge in [-0.3, -0.25) is 4.79 Å². The van der Waals surface area contributed by atoms with Gasteiger partial charge >= 0.3 is 5.97 Å². The van der Waals surface area contributed by atoms with Crippen molar-refractivity contribution >= 4 is 33.7 Å². The summed E-state index contributed by atoms with van der Waals surface area (Å²) in [6.45, 7) is 3.06. The fraction of sp³-hybridized carbons (Fsp3) is 0.565. The fourth-order valence-electron chi connectivity index (χ4n) is 4.73. The van der Waals surface area contributed by atoms with Gasteiger partial charge in [-0.1, -0.05) is 25.3 Å². The molecule has 1 aromatic carbocycles. The molecule has 9 heteroatoms. The van der Waals surface area contributed by atoms with Crippen molar-refractivity contribution in [2.75, 3.05) is 19.7 Å². The zero-order valence-electron chi connectivity index (χ0n) is 18.3. The second-order valence-electron chi connectivity index (χ2n) is 8.46. The van der Waals surface area contributed by atoms with Gasteiger partial charge in [-0.05, 0) is 50.8 Å². The Labute approximate surface area is 194 Å². The first kappa shape index (κ1) is 23.3. The molecule has 1 aromatic rings. The maximum absolute atomic E-state index is 13.1. The largest absolute Gasteiger partial charge is 0.463 e. The summed E-state index contributed by atoms with van der Waals surface area (Å²) in [4.78, 5) is 25.7. The number of nitrogens with zero attached hydrogens (tertiary/aromatic N) is 1. The van der Waals surface area contributed by atoms with Crippen LogP contribution in [0.15, 0.2) is 39.8 Å². The number of esters is 1. The number of sulfonamides is 1. The summed E-state index contributed by atoms with van der Waals surface area (Å²) >= 11 is 1.52. The van der Waals surface area contributed by atoms with Gasteiger partial charge in [0.05, 0.1) is 22.1 Å². The highest BCUT2D eigenvalue weighted by Gasteiger charge is 2.43. The van der Waals surface area contributed by atoms with Crippen LogP contribution in [0.3, 0.4) is 0 Å². The van der Waals surface area contributed by atoms with E-state index < -0.39 is 15.9 Å². The number of carbonyl (C=O) groups excluding carboxylic acids is 2. The molecule has 1 saturated carbocycles. The lowest BCUT2D eigenvalue weighted by Gasteiger charge is -2.20. The second-order valence-corrected chi connectivity index (χ2v) is 11.6. The van der Waals surface area contributed by atoms with Gasteiger partial charge in [0, 0.05) is 29.8 Å². The van der Waals surface area contributed by atoms with E-state index in [4.69, 9.17) is 4.74 Å². The van der Waals surface area contributed by atoms with Crippen LogP contribution in [0.4, 0.5) is 0 Å². The monoisotopic (exact) mass is 478 g/mol. The molecule has 1 aliphatic carbocycles. The van der Waals surface area contributed by atoms with Gasteiger partial charge in [0.25, 0.3) is 5.91 Å². The average Bonchev–Trinajstić information content (AvgIpc) is 3.23. The summed E-state index contributed by atoms with van der Waals surface area (Å²) in [5, 5.41) is 3.70. The van der Waals surface area contributed by atoms with Crippen LogP contribution >= 0.6 is 11.8 Å². The number of hydrogen-bond donors (Lipinski definition) is 1. The highest BCUT2D eigenvalue weighted by Crippen LogP contribution is 2.49. The minimum absolute atomic E-state index is 0.101. The summed E-state index contributed by atoms with van der Waals surface area (Å²) in [6, 6.07) is 6.16. The van der Waals surface area contributed by atoms with E-state index in [-0.39, 0.29) is 34.2 Å². The number of carbonyl (C=O) groups is 2. The van der Waals surface area contributed by atoms with Gasteiger partial charge < -0.3 is 10.1 Å². The number of fused-ring (bicyclic) bond motifs is 1. The summed E-state index contributed by atoms with van der Waals surface area (Å²) in [5.74, 6) is -0.687. The van der Waals surface area contributed by atoms with Crippen molar-refractivity contribution in [1.82, 2.24) is 9.62 Å². The molecule has 2 heterocycles. The predicted molar refractivity (Wildman–Crippen MR) is 124 cm³/mol. The summed E-state index contributed by atoms with van der Waals surface area (Å²) in [5.41, 5.74) is 0.815. The highest BCUT2D eigenvalue weighted by atomic mass is 32.2. The number of thioether (sulfide) groups is 1. The molecule has 2 atom stereocenters. The molecular weight excluding hydrogens is 448 g/mol. The third kappa shape index (κ3) is 4.75. The zero-order chi connectivity index (χ0) is 22.7. The van der Waals surface area contributed by atoms with Crippen LogP contribution in [-0.2, 0) is 19.6 Å². The summed E-state index contributed by atoms with van der Waals surface area (Å²) in [7, 11) is -3.65. The van der Waals surface area contributed by atoms with Gasteiger partial charge in [0.1, 0.15) is 0 Å². The molecule has 2 fully saturated rings. The number of rotatable bonds is 6. The molecule has 174 valence electrons. The van der Waals surface area contributed by atoms with Crippen LogP contribution in [0.25, 0.3) is 0 Å². The first-order valence-corrected chi connectivity index (χ1v) is 13.7. The van der Waals surface area contributed by atoms with Crippen molar-refractivity contribution in [3.05, 3.63) is 40.4 Å². The Kier molecular flexibility index (Phi) is 7.27. The van der Waals surface area contributed by atoms with E-state index in [2.05, 4.69) is 5.32 Å². The molecule has 3 aliphatic rings. The first-order valence-electron chi connectivity index (χ1n) is 11.4. The van der Waals surface area contributed by atoms with E-state index in [9.17, 15) is 18.0 Å². The minimum atomic E-state index is -3.65. The van der Waals surface area contributed by atoms with Crippen molar-refractivity contribution in [2.45, 2.75) is 62.0 Å². The lowest BCUT2D eigenvalue weighted by atomic mass is 9.98. The summed E-state index contributed by atoms with van der Waals surface area (Å²) in [6.07, 6.45) is 6.74. The van der Waals surface area contributed by atoms with Gasteiger partial charge in [-0.25, -0.2) is 13.2 Å². The Morgan fingerprint density at radius 3 is 2.59 bits per heavy atom. The van der Waals surface area contributed by atoms with E-state index in [1.54, 1.807) is 19.1 Å². The van der Waals surface area contributed by atoms with Gasteiger partial charge in [0.2, 0.25) is 10.0 Å². The molecule has 32 heavy (non-hydrogen) atoms. The number of ether oxygens (including phenoxy) is 1. The smallest absolute Gasteiger partial charge is 0.336 e. The Hall–Kier alpha value is -1.84. The average molecular weight is 479 g/mol. The number of nitrogens with one attached hydrogen (secondary N) is 1. The van der Waals surface area contributed by atoms with Crippen molar-refractivity contribution in [1.29, 1.82) is 0 Å². The summed E-state index contributed by atoms with van der Waals surface area (Å²) < 4.78 is 33.0. The van der Waals surface area contributed by atoms with E-state index >= 15 is 0 Å². The number of hydrogen-bond acceptors (Lipinski definition) is 6. The Balaban J connectivity index is 1.56. The van der Waals surface area contributed by atoms with E-state index in [0.29, 0.717) is 23.7 Å². The first-order chi connectivity index (χ1) is 15.4. The van der Waals surface area contributed by atoms with Crippen molar-refractivity contribution < 1.29 is 22.7 Å². The fourth-order valence-corrected chi connectivity index (χ4v) is 7.83. The van der Waals surface area contributed by atoms with Crippen LogP contribution in [-0.4, -0.2) is 49.5 Å². The number of amides is 1. The molecule has 1 saturated heterocycles. The van der Waals surface area contributed by atoms with Crippen LogP contribution in [0.1, 0.15) is 62.2 Å². The molecule has 1 amide bonds. The second kappa shape index (κ2) is 9.97. The zero-order valence-corrected chi connectivity index (χ0v) is 20.0. The van der Waals surface area contributed by atoms with Crippen LogP contribution in [0, 0.1) is 5.92 Å². The minimum Gasteiger partial charge on any atom is -0.463 e. The quantitative estimate of drug-likeness (QED) is 0.627. The molecular formula is C23H30N2O5S2. The maximum atomic E-state index is 13.1. The molecule has 4 rings (SSSR count). The molecule has 0 bridgehead atoms. The normalized spacial score (nSPS) is 24.2. The van der Waals surface area contributed by atoms with Crippen LogP contribution in [0.2, 0.25) is 0 Å². The molecule has 0 radical (unpaired) electrons. The van der Waals surface area contributed by atoms with E-state index in [1.807, 2.05) is 0 Å². The van der Waals surface area contributed by atoms with Gasteiger partial charge in [-0.15, -0.1) is 11.8 Å². The van der Waals surface area contributed by atoms with Gasteiger partial charge in [-0.2, -0.15) is 4.31 Å². The Morgan fingerprint density at radius 2 is 1.88 bits per heavy atom. The van der Waals surface area contributed by atoms with E-state index in [0.717, 1.165) is 44.9 Å². The van der Waals surface area contributed by atoms with Crippen LogP contribution in [0.5, 0.6) is 0 Å². The maximum Gasteiger partial charge on any atom is 0.336 e. The highest BCUT2D eigenvalue weighted by molar-refractivity contribution is 8.04. The van der Waals surface area contributed by atoms with Crippen LogP contribution < -0.4 is 5.32 Å². The molecule has 1 N–H and O–H groups in total. The molecule has 7 nitrogen and oxygen atoms in total. The third-order valence-electron chi connectivity index (χ3n) is 6.36. The number of benzene rings is 1. The van der Waals surface area contributed by atoms with Gasteiger partial charge in [0.15, 0.2) is 0 Å². The van der Waals surface area contributed by atoms with Crippen molar-refractivity contribution in [2.24, 2.45) is 5.92 Å². The SMILES string of the molecule is CCOC(=O)C1=C(NC(=O)c2cccc(S(=O)(=O)N3CCCCCC3)c2)SC2CCCC12. The standard InChI is InChI=1S/C23H30N2O5S2/c1-2-30-23(27)20-18-11-8-12-19(18)31-22(20)24-21(26)16-9-7-10-17(15-16)32(28,29)25-13-5-3-4-6-14-25/h7,9-10,15,18-19H,2-6,8,11-14H2,1H3,(H,24,26). The Morgan fingerprint density at radius 1 is 1.12 bits per heavy atom. The lowest BCUT2D eigenvalue weighted by Crippen LogP contribution is -2.32. The molecule has 2 aliphatic heterocycles. The van der Waals surface area contributed by atoms with E-state index in [1.165, 1.54) is 28.2 Å². The molecule has 0 spiro atoms. The molecule has 0 aromatic heterocycles. The Bertz CT molecular complexity index is 1010. The third-order valence-corrected chi connectivity index (χ3v) is 9.68. The predicted octanol–water partition coefficient (Wildman–Crippen LogP) is 3.67.